The summed E-state index contributed by atoms with van der Waals surface area (Å²) in [5.74, 6) is -2.52. The van der Waals surface area contributed by atoms with Gasteiger partial charge < -0.3 is 9.73 Å². The van der Waals surface area contributed by atoms with Crippen LogP contribution in [0.3, 0.4) is 0 Å². The summed E-state index contributed by atoms with van der Waals surface area (Å²) < 4.78 is 44.6. The maximum absolute atomic E-state index is 13.5. The van der Waals surface area contributed by atoms with E-state index in [1.54, 1.807) is 26.8 Å². The number of halogens is 3. The number of hydrogen-bond donors (Lipinski definition) is 1. The van der Waals surface area contributed by atoms with Gasteiger partial charge in [0.1, 0.15) is 11.5 Å². The topological polar surface area (TPSA) is 38.1 Å². The molecule has 3 nitrogen and oxygen atoms in total. The van der Waals surface area contributed by atoms with Crippen LogP contribution in [0.1, 0.15) is 30.0 Å². The maximum atomic E-state index is 13.5. The molecule has 2 rings (SSSR count). The quantitative estimate of drug-likeness (QED) is 0.860. The van der Waals surface area contributed by atoms with E-state index in [0.29, 0.717) is 11.8 Å². The van der Waals surface area contributed by atoms with Crippen LogP contribution in [0.5, 0.6) is 0 Å². The van der Waals surface area contributed by atoms with Crippen molar-refractivity contribution in [1.29, 1.82) is 0 Å². The number of rotatable bonds is 3. The molecule has 102 valence electrons. The number of nitrogens with one attached hydrogen (secondary N) is 1. The number of aryl methyl sites for hydroxylation is 2. The highest BCUT2D eigenvalue weighted by atomic mass is 19.2. The summed E-state index contributed by atoms with van der Waals surface area (Å²) in [6.07, 6.45) is 0. The van der Waals surface area contributed by atoms with E-state index in [0.717, 1.165) is 11.3 Å². The normalized spacial score (nSPS) is 12.5. The average molecular weight is 270 g/mol. The highest BCUT2D eigenvalue weighted by molar-refractivity contribution is 5.40. The molecule has 2 aromatic heterocycles. The van der Waals surface area contributed by atoms with Crippen molar-refractivity contribution < 1.29 is 17.6 Å². The summed E-state index contributed by atoms with van der Waals surface area (Å²) >= 11 is 0. The molecule has 0 aromatic carbocycles. The zero-order valence-electron chi connectivity index (χ0n) is 10.7. The second kappa shape index (κ2) is 4.95. The molecule has 1 unspecified atom stereocenters. The zero-order chi connectivity index (χ0) is 14.2. The third-order valence-corrected chi connectivity index (χ3v) is 2.79. The molecule has 1 atom stereocenters. The zero-order valence-corrected chi connectivity index (χ0v) is 10.7. The largest absolute Gasteiger partial charge is 0.466 e. The third kappa shape index (κ3) is 2.72. The summed E-state index contributed by atoms with van der Waals surface area (Å²) in [5, 5.41) is 2.70. The fourth-order valence-electron chi connectivity index (χ4n) is 1.91. The van der Waals surface area contributed by atoms with Crippen LogP contribution >= 0.6 is 0 Å². The predicted octanol–water partition coefficient (Wildman–Crippen LogP) is 3.88. The molecule has 6 heteroatoms. The molecule has 0 radical (unpaired) electrons. The molecular formula is C13H13F3N2O. The van der Waals surface area contributed by atoms with E-state index >= 15 is 0 Å². The van der Waals surface area contributed by atoms with Crippen LogP contribution in [0.2, 0.25) is 0 Å². The van der Waals surface area contributed by atoms with Gasteiger partial charge in [-0.05, 0) is 26.8 Å². The molecule has 19 heavy (non-hydrogen) atoms. The number of furan rings is 1. The standard InChI is InChI=1S/C13H13F3N2O/c1-6-4-9(8(3)19-6)7(2)17-13-11(15)5-10(14)12(16)18-13/h4-5,7H,1-3H3,(H,17,18). The molecular weight excluding hydrogens is 257 g/mol. The molecule has 0 bridgehead atoms. The Labute approximate surface area is 108 Å². The number of pyridine rings is 1. The van der Waals surface area contributed by atoms with Crippen molar-refractivity contribution in [3.63, 3.8) is 0 Å². The molecule has 2 aromatic rings. The van der Waals surface area contributed by atoms with Crippen LogP contribution < -0.4 is 5.32 Å². The van der Waals surface area contributed by atoms with Crippen LogP contribution in [0.15, 0.2) is 16.5 Å². The molecule has 0 aliphatic carbocycles. The first-order valence-corrected chi connectivity index (χ1v) is 5.73. The van der Waals surface area contributed by atoms with Crippen LogP contribution in [-0.2, 0) is 0 Å². The number of hydrogen-bond acceptors (Lipinski definition) is 3. The van der Waals surface area contributed by atoms with E-state index in [-0.39, 0.29) is 11.9 Å². The van der Waals surface area contributed by atoms with Gasteiger partial charge in [-0.3, -0.25) is 0 Å². The molecule has 0 saturated carbocycles. The van der Waals surface area contributed by atoms with Crippen LogP contribution in [0, 0.1) is 31.4 Å². The van der Waals surface area contributed by atoms with Gasteiger partial charge in [0.15, 0.2) is 17.5 Å². The van der Waals surface area contributed by atoms with E-state index in [4.69, 9.17) is 4.42 Å². The minimum atomic E-state index is -1.34. The Bertz CT molecular complexity index is 610. The van der Waals surface area contributed by atoms with Gasteiger partial charge in [0, 0.05) is 11.6 Å². The van der Waals surface area contributed by atoms with Gasteiger partial charge in [-0.15, -0.1) is 0 Å². The van der Waals surface area contributed by atoms with E-state index in [2.05, 4.69) is 10.3 Å². The molecule has 0 fully saturated rings. The van der Waals surface area contributed by atoms with E-state index < -0.39 is 17.6 Å². The fourth-order valence-corrected chi connectivity index (χ4v) is 1.91. The average Bonchev–Trinajstić information content (AvgIpc) is 2.65. The second-order valence-corrected chi connectivity index (χ2v) is 4.33. The van der Waals surface area contributed by atoms with Gasteiger partial charge >= 0.3 is 0 Å². The number of aromatic nitrogens is 1. The van der Waals surface area contributed by atoms with Crippen LogP contribution in [0.25, 0.3) is 0 Å². The lowest BCUT2D eigenvalue weighted by Gasteiger charge is -2.14. The van der Waals surface area contributed by atoms with Crippen molar-refractivity contribution in [3.05, 3.63) is 46.8 Å². The predicted molar refractivity (Wildman–Crippen MR) is 64.3 cm³/mol. The Kier molecular flexibility index (Phi) is 3.50. The van der Waals surface area contributed by atoms with Gasteiger partial charge in [0.05, 0.1) is 6.04 Å². The Morgan fingerprint density at radius 1 is 1.16 bits per heavy atom. The summed E-state index contributed by atoms with van der Waals surface area (Å²) in [6, 6.07) is 1.92. The maximum Gasteiger partial charge on any atom is 0.251 e. The lowest BCUT2D eigenvalue weighted by Crippen LogP contribution is -2.11. The van der Waals surface area contributed by atoms with Gasteiger partial charge in [0.25, 0.3) is 5.95 Å². The Morgan fingerprint density at radius 2 is 1.84 bits per heavy atom. The number of nitrogens with zero attached hydrogens (tertiary/aromatic N) is 1. The number of anilines is 1. The molecule has 2 heterocycles. The van der Waals surface area contributed by atoms with E-state index in [9.17, 15) is 13.2 Å². The van der Waals surface area contributed by atoms with Crippen molar-refractivity contribution in [2.24, 2.45) is 0 Å². The van der Waals surface area contributed by atoms with Crippen LogP contribution in [0.4, 0.5) is 19.0 Å². The summed E-state index contributed by atoms with van der Waals surface area (Å²) in [7, 11) is 0. The van der Waals surface area contributed by atoms with Gasteiger partial charge in [-0.2, -0.15) is 9.37 Å². The lowest BCUT2D eigenvalue weighted by molar-refractivity contribution is 0.465. The van der Waals surface area contributed by atoms with E-state index in [1.165, 1.54) is 0 Å². The molecule has 0 amide bonds. The van der Waals surface area contributed by atoms with Crippen molar-refractivity contribution in [2.45, 2.75) is 26.8 Å². The van der Waals surface area contributed by atoms with Crippen molar-refractivity contribution in [2.75, 3.05) is 5.32 Å². The molecule has 0 spiro atoms. The van der Waals surface area contributed by atoms with E-state index in [1.807, 2.05) is 0 Å². The summed E-state index contributed by atoms with van der Waals surface area (Å²) in [4.78, 5) is 3.22. The molecule has 0 aliphatic rings. The second-order valence-electron chi connectivity index (χ2n) is 4.33. The Morgan fingerprint density at radius 3 is 2.42 bits per heavy atom. The highest BCUT2D eigenvalue weighted by Gasteiger charge is 2.17. The van der Waals surface area contributed by atoms with Crippen molar-refractivity contribution in [3.8, 4) is 0 Å². The van der Waals surface area contributed by atoms with Gasteiger partial charge in [-0.25, -0.2) is 8.78 Å². The minimum Gasteiger partial charge on any atom is -0.466 e. The summed E-state index contributed by atoms with van der Waals surface area (Å²) in [5.41, 5.74) is 0.809. The fraction of sp³-hybridized carbons (Fsp3) is 0.308. The Hall–Kier alpha value is -1.98. The first-order chi connectivity index (χ1) is 8.88. The minimum absolute atomic E-state index is 0.329. The van der Waals surface area contributed by atoms with Crippen LogP contribution in [-0.4, -0.2) is 4.98 Å². The van der Waals surface area contributed by atoms with Crippen molar-refractivity contribution in [1.82, 2.24) is 4.98 Å². The SMILES string of the molecule is Cc1cc(C(C)Nc2nc(F)c(F)cc2F)c(C)o1. The van der Waals surface area contributed by atoms with Gasteiger partial charge in [0.2, 0.25) is 0 Å². The molecule has 0 aliphatic heterocycles. The molecule has 1 N–H and O–H groups in total. The first-order valence-electron chi connectivity index (χ1n) is 5.73. The first kappa shape index (κ1) is 13.5. The highest BCUT2D eigenvalue weighted by Crippen LogP contribution is 2.25. The Balaban J connectivity index is 2.26. The third-order valence-electron chi connectivity index (χ3n) is 2.79. The monoisotopic (exact) mass is 270 g/mol. The smallest absolute Gasteiger partial charge is 0.251 e. The van der Waals surface area contributed by atoms with Gasteiger partial charge in [-0.1, -0.05) is 0 Å². The lowest BCUT2D eigenvalue weighted by atomic mass is 10.1. The molecule has 0 saturated heterocycles. The summed E-state index contributed by atoms with van der Waals surface area (Å²) in [6.45, 7) is 5.31. The van der Waals surface area contributed by atoms with Crippen molar-refractivity contribution >= 4 is 5.82 Å².